The van der Waals surface area contributed by atoms with Crippen LogP contribution in [0.3, 0.4) is 0 Å². The maximum atomic E-state index is 13.5. The third-order valence-electron chi connectivity index (χ3n) is 5.74. The van der Waals surface area contributed by atoms with E-state index >= 15 is 0 Å². The molecule has 0 saturated carbocycles. The van der Waals surface area contributed by atoms with E-state index in [1.807, 2.05) is 37.3 Å². The van der Waals surface area contributed by atoms with Crippen LogP contribution in [-0.4, -0.2) is 16.8 Å². The zero-order valence-corrected chi connectivity index (χ0v) is 16.1. The van der Waals surface area contributed by atoms with Gasteiger partial charge in [-0.2, -0.15) is 0 Å². The Hall–Kier alpha value is -2.99. The first-order chi connectivity index (χ1) is 13.5. The number of amides is 2. The second-order valence-electron chi connectivity index (χ2n) is 7.44. The van der Waals surface area contributed by atoms with Crippen LogP contribution in [0.4, 0.5) is 10.8 Å². The lowest BCUT2D eigenvalue weighted by molar-refractivity contribution is -0.122. The number of nitrogen functional groups attached to an aromatic ring is 1. The highest BCUT2D eigenvalue weighted by molar-refractivity contribution is 7.15. The fourth-order valence-electron chi connectivity index (χ4n) is 4.45. The number of carbonyl (C=O) groups is 2. The first kappa shape index (κ1) is 17.1. The molecule has 0 bridgehead atoms. The van der Waals surface area contributed by atoms with Crippen molar-refractivity contribution >= 4 is 34.0 Å². The average molecular weight is 389 g/mol. The second kappa shape index (κ2) is 6.27. The number of thiazole rings is 1. The molecule has 2 amide bonds. The van der Waals surface area contributed by atoms with Crippen LogP contribution in [-0.2, 0) is 16.0 Å². The molecule has 140 valence electrons. The van der Waals surface area contributed by atoms with Gasteiger partial charge in [-0.15, -0.1) is 11.3 Å². The summed E-state index contributed by atoms with van der Waals surface area (Å²) >= 11 is 1.34. The lowest BCUT2D eigenvalue weighted by Gasteiger charge is -2.30. The monoisotopic (exact) mass is 389 g/mol. The molecule has 0 spiro atoms. The second-order valence-corrected chi connectivity index (χ2v) is 8.50. The lowest BCUT2D eigenvalue weighted by Crippen LogP contribution is -2.32. The predicted octanol–water partition coefficient (Wildman–Crippen LogP) is 3.65. The first-order valence-electron chi connectivity index (χ1n) is 9.29. The number of aromatic nitrogens is 1. The van der Waals surface area contributed by atoms with E-state index in [1.165, 1.54) is 16.2 Å². The van der Waals surface area contributed by atoms with E-state index in [-0.39, 0.29) is 17.7 Å². The molecule has 3 atom stereocenters. The summed E-state index contributed by atoms with van der Waals surface area (Å²) in [7, 11) is 0. The van der Waals surface area contributed by atoms with Crippen molar-refractivity contribution in [2.45, 2.75) is 25.2 Å². The number of nitrogens with zero attached hydrogens (tertiary/aromatic N) is 2. The third kappa shape index (κ3) is 2.48. The van der Waals surface area contributed by atoms with Gasteiger partial charge in [-0.05, 0) is 31.0 Å². The number of anilines is 2. The summed E-state index contributed by atoms with van der Waals surface area (Å²) in [5, 5.41) is 0.451. The molecule has 1 saturated heterocycles. The van der Waals surface area contributed by atoms with Gasteiger partial charge < -0.3 is 5.73 Å². The molecule has 0 radical (unpaired) electrons. The minimum Gasteiger partial charge on any atom is -0.375 e. The molecule has 1 aliphatic heterocycles. The van der Waals surface area contributed by atoms with Crippen LogP contribution < -0.4 is 10.6 Å². The minimum atomic E-state index is -0.516. The fourth-order valence-corrected chi connectivity index (χ4v) is 5.45. The molecule has 1 aliphatic carbocycles. The average Bonchev–Trinajstić information content (AvgIpc) is 3.19. The largest absolute Gasteiger partial charge is 0.375 e. The van der Waals surface area contributed by atoms with Gasteiger partial charge in [0.25, 0.3) is 0 Å². The van der Waals surface area contributed by atoms with E-state index in [0.717, 1.165) is 21.7 Å². The van der Waals surface area contributed by atoms with Crippen molar-refractivity contribution in [3.8, 4) is 0 Å². The quantitative estimate of drug-likeness (QED) is 0.679. The van der Waals surface area contributed by atoms with Crippen LogP contribution in [0.15, 0.2) is 54.6 Å². The Kier molecular flexibility index (Phi) is 3.84. The Balaban J connectivity index is 1.66. The zero-order chi connectivity index (χ0) is 19.4. The normalized spacial score (nSPS) is 23.6. The molecule has 2 aliphatic rings. The molecule has 28 heavy (non-hydrogen) atoms. The van der Waals surface area contributed by atoms with Gasteiger partial charge in [0.15, 0.2) is 5.13 Å². The number of benzene rings is 2. The number of aryl methyl sites for hydroxylation is 1. The summed E-state index contributed by atoms with van der Waals surface area (Å²) in [6.45, 7) is 2.04. The van der Waals surface area contributed by atoms with Gasteiger partial charge in [0, 0.05) is 10.8 Å². The van der Waals surface area contributed by atoms with Crippen LogP contribution in [0, 0.1) is 12.8 Å². The van der Waals surface area contributed by atoms with Crippen LogP contribution in [0.25, 0.3) is 0 Å². The van der Waals surface area contributed by atoms with E-state index in [1.54, 1.807) is 12.1 Å². The van der Waals surface area contributed by atoms with Gasteiger partial charge in [0.1, 0.15) is 0 Å². The van der Waals surface area contributed by atoms with Gasteiger partial charge in [0.05, 0.1) is 23.2 Å². The zero-order valence-electron chi connectivity index (χ0n) is 15.3. The Morgan fingerprint density at radius 1 is 1.04 bits per heavy atom. The Morgan fingerprint density at radius 2 is 1.75 bits per heavy atom. The lowest BCUT2D eigenvalue weighted by atomic mass is 9.72. The summed E-state index contributed by atoms with van der Waals surface area (Å²) < 4.78 is 0. The number of fused-ring (bicyclic) bond motifs is 3. The number of hydrogen-bond acceptors (Lipinski definition) is 5. The SMILES string of the molecule is Cc1ccc([C@H]2Cc3nc(N)sc3[C@H]3C(=O)N(c4ccccc4)C(=O)[C@@H]23)cc1. The van der Waals surface area contributed by atoms with E-state index < -0.39 is 11.8 Å². The topological polar surface area (TPSA) is 76.3 Å². The highest BCUT2D eigenvalue weighted by atomic mass is 32.1. The summed E-state index contributed by atoms with van der Waals surface area (Å²) in [4.78, 5) is 33.5. The van der Waals surface area contributed by atoms with Gasteiger partial charge in [-0.3, -0.25) is 9.59 Å². The summed E-state index contributed by atoms with van der Waals surface area (Å²) in [5.41, 5.74) is 9.67. The van der Waals surface area contributed by atoms with Crippen LogP contribution in [0.1, 0.15) is 33.5 Å². The molecule has 5 rings (SSSR count). The van der Waals surface area contributed by atoms with Gasteiger partial charge >= 0.3 is 0 Å². The maximum Gasteiger partial charge on any atom is 0.243 e. The highest BCUT2D eigenvalue weighted by Gasteiger charge is 2.56. The molecule has 1 fully saturated rings. The molecule has 0 unspecified atom stereocenters. The van der Waals surface area contributed by atoms with Crippen molar-refractivity contribution in [2.24, 2.45) is 5.92 Å². The molecule has 5 nitrogen and oxygen atoms in total. The first-order valence-corrected chi connectivity index (χ1v) is 10.1. The van der Waals surface area contributed by atoms with E-state index in [4.69, 9.17) is 5.73 Å². The standard InChI is InChI=1S/C22H19N3O2S/c1-12-7-9-13(10-8-12)15-11-16-19(28-22(23)24-16)18-17(15)20(26)25(21(18)27)14-5-3-2-4-6-14/h2-10,15,17-18H,11H2,1H3,(H2,23,24)/t15-,17+,18+/m1/s1. The van der Waals surface area contributed by atoms with Gasteiger partial charge in [0.2, 0.25) is 11.8 Å². The maximum absolute atomic E-state index is 13.5. The minimum absolute atomic E-state index is 0.0928. The van der Waals surface area contributed by atoms with Crippen LogP contribution in [0.5, 0.6) is 0 Å². The number of imide groups is 1. The van der Waals surface area contributed by atoms with Crippen molar-refractivity contribution in [3.05, 3.63) is 76.3 Å². The molecular formula is C22H19N3O2S. The number of nitrogens with two attached hydrogens (primary N) is 1. The fraction of sp³-hybridized carbons (Fsp3) is 0.227. The van der Waals surface area contributed by atoms with Crippen LogP contribution >= 0.6 is 11.3 Å². The van der Waals surface area contributed by atoms with Gasteiger partial charge in [-0.1, -0.05) is 48.0 Å². The summed E-state index contributed by atoms with van der Waals surface area (Å²) in [6, 6.07) is 17.4. The number of carbonyl (C=O) groups excluding carboxylic acids is 2. The Morgan fingerprint density at radius 3 is 2.46 bits per heavy atom. The molecular weight excluding hydrogens is 370 g/mol. The molecule has 3 aromatic rings. The Bertz CT molecular complexity index is 1070. The number of hydrogen-bond donors (Lipinski definition) is 1. The van der Waals surface area contributed by atoms with Crippen molar-refractivity contribution in [3.63, 3.8) is 0 Å². The molecule has 1 aromatic heterocycles. The predicted molar refractivity (Wildman–Crippen MR) is 109 cm³/mol. The Labute approximate surface area is 166 Å². The highest BCUT2D eigenvalue weighted by Crippen LogP contribution is 2.52. The summed E-state index contributed by atoms with van der Waals surface area (Å²) in [5.74, 6) is -1.35. The number of rotatable bonds is 2. The van der Waals surface area contributed by atoms with Crippen LogP contribution in [0.2, 0.25) is 0 Å². The smallest absolute Gasteiger partial charge is 0.243 e. The summed E-state index contributed by atoms with van der Waals surface area (Å²) in [6.07, 6.45) is 0.620. The van der Waals surface area contributed by atoms with E-state index in [0.29, 0.717) is 17.2 Å². The van der Waals surface area contributed by atoms with Crippen molar-refractivity contribution in [1.29, 1.82) is 0 Å². The molecule has 2 N–H and O–H groups in total. The van der Waals surface area contributed by atoms with E-state index in [9.17, 15) is 9.59 Å². The van der Waals surface area contributed by atoms with Crippen molar-refractivity contribution < 1.29 is 9.59 Å². The van der Waals surface area contributed by atoms with Crippen molar-refractivity contribution in [2.75, 3.05) is 10.6 Å². The van der Waals surface area contributed by atoms with E-state index in [2.05, 4.69) is 17.1 Å². The molecule has 2 heterocycles. The molecule has 2 aromatic carbocycles. The molecule has 6 heteroatoms. The number of para-hydroxylation sites is 1. The van der Waals surface area contributed by atoms with Gasteiger partial charge in [-0.25, -0.2) is 9.88 Å². The van der Waals surface area contributed by atoms with Crippen molar-refractivity contribution in [1.82, 2.24) is 4.98 Å². The third-order valence-corrected chi connectivity index (χ3v) is 6.75.